The van der Waals surface area contributed by atoms with E-state index in [4.69, 9.17) is 0 Å². The number of halogens is 1. The van der Waals surface area contributed by atoms with Crippen molar-refractivity contribution in [3.63, 3.8) is 0 Å². The van der Waals surface area contributed by atoms with Gasteiger partial charge in [-0.15, -0.1) is 11.3 Å². The van der Waals surface area contributed by atoms with E-state index in [1.807, 2.05) is 12.3 Å². The molecule has 1 saturated heterocycles. The molecule has 1 aliphatic heterocycles. The molecule has 2 fully saturated rings. The molecule has 2 aromatic rings. The summed E-state index contributed by atoms with van der Waals surface area (Å²) in [6.45, 7) is 2.19. The molecule has 8 heteroatoms. The average molecular weight is 444 g/mol. The highest BCUT2D eigenvalue weighted by Crippen LogP contribution is 2.43. The molecule has 3 amide bonds. The highest BCUT2D eigenvalue weighted by atomic mass is 32.1. The van der Waals surface area contributed by atoms with Crippen molar-refractivity contribution in [2.45, 2.75) is 63.5 Å². The number of nitrogens with zero attached hydrogens (tertiary/aromatic N) is 3. The predicted octanol–water partition coefficient (Wildman–Crippen LogP) is 3.58. The Morgan fingerprint density at radius 3 is 2.65 bits per heavy atom. The summed E-state index contributed by atoms with van der Waals surface area (Å²) < 4.78 is 14.9. The molecule has 1 atom stereocenters. The molecule has 0 N–H and O–H groups in total. The number of thiazole rings is 1. The van der Waals surface area contributed by atoms with Crippen LogP contribution in [0.5, 0.6) is 0 Å². The lowest BCUT2D eigenvalue weighted by Gasteiger charge is -2.30. The molecule has 0 radical (unpaired) electrons. The Labute approximate surface area is 185 Å². The van der Waals surface area contributed by atoms with Crippen molar-refractivity contribution >= 4 is 29.1 Å². The van der Waals surface area contributed by atoms with E-state index in [9.17, 15) is 18.8 Å². The first-order valence-corrected chi connectivity index (χ1v) is 11.5. The van der Waals surface area contributed by atoms with Crippen LogP contribution in [0.25, 0.3) is 0 Å². The highest BCUT2D eigenvalue weighted by molar-refractivity contribution is 7.09. The van der Waals surface area contributed by atoms with E-state index < -0.39 is 17.1 Å². The van der Waals surface area contributed by atoms with Gasteiger partial charge in [0, 0.05) is 36.9 Å². The Bertz CT molecular complexity index is 1020. The standard InChI is InChI=1S/C23H26FN3O3S/c1-15-25-16(14-31-15)13-26(2)20(28)11-23(18-9-5-6-10-19(18)24)12-21(29)27(22(23)30)17-7-3-4-8-17/h5-6,9-10,14,17H,3-4,7-8,11-13H2,1-2H3/t23-/m0/s1. The Balaban J connectivity index is 1.65. The summed E-state index contributed by atoms with van der Waals surface area (Å²) >= 11 is 1.50. The molecule has 2 heterocycles. The van der Waals surface area contributed by atoms with E-state index >= 15 is 0 Å². The summed E-state index contributed by atoms with van der Waals surface area (Å²) in [5.41, 5.74) is -0.617. The van der Waals surface area contributed by atoms with Crippen molar-refractivity contribution < 1.29 is 18.8 Å². The molecule has 6 nitrogen and oxygen atoms in total. The number of rotatable bonds is 6. The molecule has 1 aromatic carbocycles. The normalized spacial score (nSPS) is 21.8. The number of hydrogen-bond donors (Lipinski definition) is 0. The maximum atomic E-state index is 14.9. The molecule has 2 aliphatic rings. The fourth-order valence-electron chi connectivity index (χ4n) is 4.79. The summed E-state index contributed by atoms with van der Waals surface area (Å²) in [7, 11) is 1.64. The van der Waals surface area contributed by atoms with Gasteiger partial charge in [0.2, 0.25) is 17.7 Å². The first-order chi connectivity index (χ1) is 14.8. The lowest BCUT2D eigenvalue weighted by Crippen LogP contribution is -2.45. The van der Waals surface area contributed by atoms with Crippen molar-refractivity contribution in [1.82, 2.24) is 14.8 Å². The summed E-state index contributed by atoms with van der Waals surface area (Å²) in [6.07, 6.45) is 3.02. The van der Waals surface area contributed by atoms with Gasteiger partial charge in [0.15, 0.2) is 0 Å². The fourth-order valence-corrected chi connectivity index (χ4v) is 5.40. The molecule has 1 saturated carbocycles. The maximum absolute atomic E-state index is 14.9. The number of aromatic nitrogens is 1. The van der Waals surface area contributed by atoms with Gasteiger partial charge in [-0.1, -0.05) is 31.0 Å². The zero-order valence-corrected chi connectivity index (χ0v) is 18.6. The minimum atomic E-state index is -1.51. The van der Waals surface area contributed by atoms with Gasteiger partial charge in [-0.25, -0.2) is 9.37 Å². The number of carbonyl (C=O) groups is 3. The monoisotopic (exact) mass is 443 g/mol. The van der Waals surface area contributed by atoms with Crippen LogP contribution in [0.2, 0.25) is 0 Å². The first-order valence-electron chi connectivity index (χ1n) is 10.6. The van der Waals surface area contributed by atoms with Gasteiger partial charge >= 0.3 is 0 Å². The number of amides is 3. The summed E-state index contributed by atoms with van der Waals surface area (Å²) in [5.74, 6) is -1.64. The van der Waals surface area contributed by atoms with E-state index in [2.05, 4.69) is 4.98 Å². The maximum Gasteiger partial charge on any atom is 0.241 e. The smallest absolute Gasteiger partial charge is 0.241 e. The number of benzene rings is 1. The lowest BCUT2D eigenvalue weighted by molar-refractivity contribution is -0.144. The minimum absolute atomic E-state index is 0.125. The van der Waals surface area contributed by atoms with Crippen LogP contribution in [-0.4, -0.2) is 45.6 Å². The quantitative estimate of drug-likeness (QED) is 0.640. The number of carbonyl (C=O) groups excluding carboxylic acids is 3. The zero-order chi connectivity index (χ0) is 22.2. The molecule has 31 heavy (non-hydrogen) atoms. The van der Waals surface area contributed by atoms with Crippen molar-refractivity contribution in [3.8, 4) is 0 Å². The second-order valence-corrected chi connectivity index (χ2v) is 9.59. The van der Waals surface area contributed by atoms with Crippen molar-refractivity contribution in [3.05, 3.63) is 51.7 Å². The number of imide groups is 1. The van der Waals surface area contributed by atoms with Crippen molar-refractivity contribution in [1.29, 1.82) is 0 Å². The van der Waals surface area contributed by atoms with E-state index in [1.165, 1.54) is 33.3 Å². The van der Waals surface area contributed by atoms with Gasteiger partial charge in [0.1, 0.15) is 5.82 Å². The molecule has 0 unspecified atom stereocenters. The minimum Gasteiger partial charge on any atom is -0.340 e. The molecular formula is C23H26FN3O3S. The molecular weight excluding hydrogens is 417 g/mol. The largest absolute Gasteiger partial charge is 0.340 e. The van der Waals surface area contributed by atoms with Gasteiger partial charge in [-0.05, 0) is 25.8 Å². The Kier molecular flexibility index (Phi) is 5.92. The SMILES string of the molecule is Cc1nc(CN(C)C(=O)C[C@@]2(c3ccccc3F)CC(=O)N(C3CCCC3)C2=O)cs1. The second kappa shape index (κ2) is 8.49. The highest BCUT2D eigenvalue weighted by Gasteiger charge is 2.56. The first kappa shape index (κ1) is 21.6. The average Bonchev–Trinajstić information content (AvgIpc) is 3.44. The van der Waals surface area contributed by atoms with Crippen LogP contribution in [0.1, 0.15) is 54.8 Å². The van der Waals surface area contributed by atoms with E-state index in [1.54, 1.807) is 19.2 Å². The summed E-state index contributed by atoms with van der Waals surface area (Å²) in [4.78, 5) is 47.0. The predicted molar refractivity (Wildman–Crippen MR) is 115 cm³/mol. The Morgan fingerprint density at radius 2 is 2.00 bits per heavy atom. The zero-order valence-electron chi connectivity index (χ0n) is 17.8. The molecule has 0 spiro atoms. The topological polar surface area (TPSA) is 70.6 Å². The molecule has 4 rings (SSSR count). The van der Waals surface area contributed by atoms with E-state index in [0.29, 0.717) is 6.54 Å². The number of likely N-dealkylation sites (tertiary alicyclic amines) is 1. The van der Waals surface area contributed by atoms with Crippen LogP contribution in [0.4, 0.5) is 4.39 Å². The van der Waals surface area contributed by atoms with Gasteiger partial charge in [-0.2, -0.15) is 0 Å². The number of aryl methyl sites for hydroxylation is 1. The molecule has 0 bridgehead atoms. The van der Waals surface area contributed by atoms with Crippen LogP contribution in [0, 0.1) is 12.7 Å². The summed E-state index contributed by atoms with van der Waals surface area (Å²) in [6, 6.07) is 5.83. The summed E-state index contributed by atoms with van der Waals surface area (Å²) in [5, 5.41) is 2.79. The molecule has 1 aromatic heterocycles. The third-order valence-corrected chi connectivity index (χ3v) is 7.20. The Hall–Kier alpha value is -2.61. The van der Waals surface area contributed by atoms with Crippen LogP contribution < -0.4 is 0 Å². The van der Waals surface area contributed by atoms with E-state index in [-0.39, 0.29) is 36.3 Å². The van der Waals surface area contributed by atoms with Crippen molar-refractivity contribution in [2.24, 2.45) is 0 Å². The van der Waals surface area contributed by atoms with Gasteiger partial charge in [0.25, 0.3) is 0 Å². The van der Waals surface area contributed by atoms with Crippen LogP contribution >= 0.6 is 11.3 Å². The number of hydrogen-bond acceptors (Lipinski definition) is 5. The Morgan fingerprint density at radius 1 is 1.29 bits per heavy atom. The third kappa shape index (κ3) is 4.01. The van der Waals surface area contributed by atoms with Crippen molar-refractivity contribution in [2.75, 3.05) is 7.05 Å². The van der Waals surface area contributed by atoms with Gasteiger partial charge in [-0.3, -0.25) is 19.3 Å². The van der Waals surface area contributed by atoms with Crippen LogP contribution in [0.3, 0.4) is 0 Å². The lowest BCUT2D eigenvalue weighted by atomic mass is 9.75. The third-order valence-electron chi connectivity index (χ3n) is 6.37. The van der Waals surface area contributed by atoms with Crippen LogP contribution in [0.15, 0.2) is 29.6 Å². The van der Waals surface area contributed by atoms with Gasteiger partial charge in [0.05, 0.1) is 22.7 Å². The second-order valence-electron chi connectivity index (χ2n) is 8.53. The van der Waals surface area contributed by atoms with Gasteiger partial charge < -0.3 is 4.90 Å². The van der Waals surface area contributed by atoms with Crippen LogP contribution in [-0.2, 0) is 26.3 Å². The molecule has 1 aliphatic carbocycles. The fraction of sp³-hybridized carbons (Fsp3) is 0.478. The van der Waals surface area contributed by atoms with E-state index in [0.717, 1.165) is 36.4 Å². The molecule has 164 valence electrons.